The third kappa shape index (κ3) is 4.46. The van der Waals surface area contributed by atoms with Crippen molar-refractivity contribution in [3.8, 4) is 0 Å². The van der Waals surface area contributed by atoms with Gasteiger partial charge >= 0.3 is 6.18 Å². The van der Waals surface area contributed by atoms with Crippen molar-refractivity contribution in [2.45, 2.75) is 31.7 Å². The number of alkyl halides is 3. The van der Waals surface area contributed by atoms with E-state index in [9.17, 15) is 22.4 Å². The van der Waals surface area contributed by atoms with Crippen LogP contribution in [0.2, 0.25) is 0 Å². The van der Waals surface area contributed by atoms with E-state index in [1.165, 1.54) is 0 Å². The molecule has 3 rings (SSSR count). The fourth-order valence-corrected chi connectivity index (χ4v) is 2.66. The Morgan fingerprint density at radius 1 is 1.31 bits per heavy atom. The van der Waals surface area contributed by atoms with Gasteiger partial charge in [0.2, 0.25) is 5.91 Å². The Kier molecular flexibility index (Phi) is 5.36. The number of carbonyl (C=O) groups is 1. The van der Waals surface area contributed by atoms with Crippen LogP contribution in [0, 0.1) is 5.82 Å². The van der Waals surface area contributed by atoms with Crippen molar-refractivity contribution >= 4 is 5.91 Å². The zero-order chi connectivity index (χ0) is 18.7. The van der Waals surface area contributed by atoms with Crippen LogP contribution in [0.25, 0.3) is 0 Å². The standard InChI is InChI=1S/C17H17F4N3O2/c18-15-5-13(17(19,20)21)3-2-12(15)10-26-14-8-24(9-14)16(25)4-1-11-6-22-23-7-11/h2-3,5-6,14H,1,4,7-10H2. The number of ether oxygens (including phenoxy) is 1. The maximum Gasteiger partial charge on any atom is 0.416 e. The lowest BCUT2D eigenvalue weighted by atomic mass is 10.1. The summed E-state index contributed by atoms with van der Waals surface area (Å²) in [5.41, 5.74) is 0.0463. The summed E-state index contributed by atoms with van der Waals surface area (Å²) in [6.07, 6.45) is -2.17. The summed E-state index contributed by atoms with van der Waals surface area (Å²) in [6.45, 7) is 1.20. The Labute approximate surface area is 147 Å². The van der Waals surface area contributed by atoms with Crippen LogP contribution in [0.5, 0.6) is 0 Å². The van der Waals surface area contributed by atoms with Gasteiger partial charge in [0.15, 0.2) is 0 Å². The first-order chi connectivity index (χ1) is 12.3. The highest BCUT2D eigenvalue weighted by Gasteiger charge is 2.33. The highest BCUT2D eigenvalue weighted by molar-refractivity contribution is 5.77. The summed E-state index contributed by atoms with van der Waals surface area (Å²) in [5, 5.41) is 7.55. The molecule has 0 spiro atoms. The molecule has 1 aromatic carbocycles. The predicted molar refractivity (Wildman–Crippen MR) is 83.6 cm³/mol. The molecule has 2 aliphatic rings. The van der Waals surface area contributed by atoms with Crippen LogP contribution in [0.4, 0.5) is 17.6 Å². The van der Waals surface area contributed by atoms with Gasteiger partial charge in [-0.3, -0.25) is 4.79 Å². The molecule has 0 radical (unpaired) electrons. The van der Waals surface area contributed by atoms with E-state index in [1.54, 1.807) is 11.1 Å². The molecule has 0 aliphatic carbocycles. The fraction of sp³-hybridized carbons (Fsp3) is 0.471. The molecule has 0 N–H and O–H groups in total. The van der Waals surface area contributed by atoms with Gasteiger partial charge in [-0.05, 0) is 24.1 Å². The minimum absolute atomic E-state index is 0.00152. The van der Waals surface area contributed by atoms with Crippen molar-refractivity contribution in [3.63, 3.8) is 0 Å². The highest BCUT2D eigenvalue weighted by Crippen LogP contribution is 2.30. The van der Waals surface area contributed by atoms with Gasteiger partial charge in [0.25, 0.3) is 0 Å². The molecule has 1 aromatic rings. The number of amides is 1. The number of nitrogens with zero attached hydrogens (tertiary/aromatic N) is 3. The predicted octanol–water partition coefficient (Wildman–Crippen LogP) is 3.70. The number of hydrogen-bond donors (Lipinski definition) is 0. The number of likely N-dealkylation sites (tertiary alicyclic amines) is 1. The molecule has 9 heteroatoms. The average molecular weight is 371 g/mol. The molecule has 26 heavy (non-hydrogen) atoms. The molecule has 5 nitrogen and oxygen atoms in total. The van der Waals surface area contributed by atoms with Crippen molar-refractivity contribution in [2.24, 2.45) is 10.2 Å². The normalized spacial score (nSPS) is 17.4. The summed E-state index contributed by atoms with van der Waals surface area (Å²) < 4.78 is 56.7. The maximum absolute atomic E-state index is 13.7. The molecule has 1 saturated heterocycles. The van der Waals surface area contributed by atoms with E-state index in [2.05, 4.69) is 10.2 Å². The Morgan fingerprint density at radius 2 is 2.08 bits per heavy atom. The lowest BCUT2D eigenvalue weighted by Gasteiger charge is -2.39. The first-order valence-electron chi connectivity index (χ1n) is 8.12. The molecule has 0 bridgehead atoms. The van der Waals surface area contributed by atoms with Gasteiger partial charge < -0.3 is 9.64 Å². The molecule has 1 fully saturated rings. The van der Waals surface area contributed by atoms with Gasteiger partial charge in [0, 0.05) is 25.1 Å². The number of rotatable bonds is 6. The number of halogens is 4. The average Bonchev–Trinajstić information content (AvgIpc) is 3.05. The van der Waals surface area contributed by atoms with Crippen molar-refractivity contribution in [1.82, 2.24) is 4.90 Å². The molecule has 2 heterocycles. The third-order valence-corrected chi connectivity index (χ3v) is 4.31. The second-order valence-electron chi connectivity index (χ2n) is 6.24. The maximum atomic E-state index is 13.7. The second-order valence-corrected chi connectivity index (χ2v) is 6.24. The summed E-state index contributed by atoms with van der Waals surface area (Å²) in [7, 11) is 0. The molecule has 0 atom stereocenters. The molecule has 0 saturated carbocycles. The van der Waals surface area contributed by atoms with Gasteiger partial charge in [-0.2, -0.15) is 23.4 Å². The molecular weight excluding hydrogens is 354 g/mol. The van der Waals surface area contributed by atoms with Gasteiger partial charge in [-0.15, -0.1) is 0 Å². The highest BCUT2D eigenvalue weighted by atomic mass is 19.4. The number of azo groups is 1. The quantitative estimate of drug-likeness (QED) is 0.716. The van der Waals surface area contributed by atoms with Crippen molar-refractivity contribution in [2.75, 3.05) is 19.6 Å². The second kappa shape index (κ2) is 7.53. The number of hydrogen-bond acceptors (Lipinski definition) is 4. The van der Waals surface area contributed by atoms with E-state index in [-0.39, 0.29) is 24.2 Å². The molecular formula is C17H17F4N3O2. The van der Waals surface area contributed by atoms with E-state index in [0.29, 0.717) is 38.5 Å². The van der Waals surface area contributed by atoms with Crippen LogP contribution < -0.4 is 0 Å². The van der Waals surface area contributed by atoms with Crippen molar-refractivity contribution < 1.29 is 27.1 Å². The lowest BCUT2D eigenvalue weighted by molar-refractivity contribution is -0.145. The Hall–Kier alpha value is -2.29. The van der Waals surface area contributed by atoms with Gasteiger partial charge in [-0.25, -0.2) is 4.39 Å². The SMILES string of the molecule is O=C(CCC1=CN=NC1)N1CC(OCc2ccc(C(F)(F)F)cc2F)C1. The smallest absolute Gasteiger partial charge is 0.370 e. The zero-order valence-corrected chi connectivity index (χ0v) is 13.8. The lowest BCUT2D eigenvalue weighted by Crippen LogP contribution is -2.54. The van der Waals surface area contributed by atoms with Gasteiger partial charge in [0.1, 0.15) is 5.82 Å². The summed E-state index contributed by atoms with van der Waals surface area (Å²) >= 11 is 0. The van der Waals surface area contributed by atoms with E-state index < -0.39 is 17.6 Å². The molecule has 2 aliphatic heterocycles. The minimum atomic E-state index is -4.58. The van der Waals surface area contributed by atoms with E-state index >= 15 is 0 Å². The summed E-state index contributed by atoms with van der Waals surface area (Å²) in [5.74, 6) is -0.953. The number of carbonyl (C=O) groups excluding carboxylic acids is 1. The summed E-state index contributed by atoms with van der Waals surface area (Å²) in [6, 6.07) is 2.37. The fourth-order valence-electron chi connectivity index (χ4n) is 2.66. The monoisotopic (exact) mass is 371 g/mol. The third-order valence-electron chi connectivity index (χ3n) is 4.31. The van der Waals surface area contributed by atoms with Crippen molar-refractivity contribution in [3.05, 3.63) is 46.9 Å². The number of benzene rings is 1. The van der Waals surface area contributed by atoms with Crippen molar-refractivity contribution in [1.29, 1.82) is 0 Å². The molecule has 140 valence electrons. The largest absolute Gasteiger partial charge is 0.416 e. The van der Waals surface area contributed by atoms with Crippen LogP contribution in [-0.4, -0.2) is 36.5 Å². The molecule has 1 amide bonds. The minimum Gasteiger partial charge on any atom is -0.370 e. The van der Waals surface area contributed by atoms with Gasteiger partial charge in [0.05, 0.1) is 31.0 Å². The van der Waals surface area contributed by atoms with E-state index in [1.807, 2.05) is 0 Å². The van der Waals surface area contributed by atoms with E-state index in [4.69, 9.17) is 4.74 Å². The topological polar surface area (TPSA) is 54.3 Å². The Balaban J connectivity index is 1.40. The van der Waals surface area contributed by atoms with E-state index in [0.717, 1.165) is 17.7 Å². The van der Waals surface area contributed by atoms with Crippen LogP contribution in [0.1, 0.15) is 24.0 Å². The van der Waals surface area contributed by atoms with Crippen LogP contribution in [0.3, 0.4) is 0 Å². The van der Waals surface area contributed by atoms with Crippen LogP contribution >= 0.6 is 0 Å². The molecule has 0 unspecified atom stereocenters. The Bertz CT molecular complexity index is 740. The first-order valence-corrected chi connectivity index (χ1v) is 8.12. The zero-order valence-electron chi connectivity index (χ0n) is 13.8. The van der Waals surface area contributed by atoms with Crippen LogP contribution in [-0.2, 0) is 22.3 Å². The first kappa shape index (κ1) is 18.5. The summed E-state index contributed by atoms with van der Waals surface area (Å²) in [4.78, 5) is 13.6. The van der Waals surface area contributed by atoms with Gasteiger partial charge in [-0.1, -0.05) is 6.07 Å². The van der Waals surface area contributed by atoms with Crippen LogP contribution in [0.15, 0.2) is 40.2 Å². The Morgan fingerprint density at radius 3 is 2.69 bits per heavy atom. The molecule has 0 aromatic heterocycles.